The number of nitrogens with zero attached hydrogens (tertiary/aromatic N) is 2. The number of benzene rings is 1. The molecule has 5 nitrogen and oxygen atoms in total. The molecule has 0 saturated carbocycles. The lowest BCUT2D eigenvalue weighted by molar-refractivity contribution is -0.114. The van der Waals surface area contributed by atoms with Crippen LogP contribution in [-0.2, 0) is 4.79 Å². The van der Waals surface area contributed by atoms with Gasteiger partial charge in [-0.1, -0.05) is 6.07 Å². The summed E-state index contributed by atoms with van der Waals surface area (Å²) in [6.07, 6.45) is 1.96. The van der Waals surface area contributed by atoms with Gasteiger partial charge in [-0.2, -0.15) is 0 Å². The number of imidazole rings is 1. The van der Waals surface area contributed by atoms with Crippen molar-refractivity contribution in [2.24, 2.45) is 0 Å². The van der Waals surface area contributed by atoms with E-state index in [4.69, 9.17) is 0 Å². The van der Waals surface area contributed by atoms with Gasteiger partial charge < -0.3 is 10.6 Å². The van der Waals surface area contributed by atoms with Gasteiger partial charge in [0, 0.05) is 25.4 Å². The van der Waals surface area contributed by atoms with Gasteiger partial charge in [-0.05, 0) is 32.0 Å². The topological polar surface area (TPSA) is 59.0 Å². The molecule has 1 heterocycles. The molecule has 0 atom stereocenters. The molecule has 0 fully saturated rings. The Morgan fingerprint density at radius 2 is 2.21 bits per heavy atom. The summed E-state index contributed by atoms with van der Waals surface area (Å²) in [5, 5.41) is 6.00. The van der Waals surface area contributed by atoms with Crippen molar-refractivity contribution in [2.45, 2.75) is 20.8 Å². The average molecular weight is 258 g/mol. The van der Waals surface area contributed by atoms with Crippen LogP contribution in [0.5, 0.6) is 0 Å². The summed E-state index contributed by atoms with van der Waals surface area (Å²) in [5.41, 5.74) is 2.68. The molecule has 5 heteroatoms. The number of rotatable bonds is 4. The van der Waals surface area contributed by atoms with Crippen molar-refractivity contribution in [3.05, 3.63) is 36.2 Å². The van der Waals surface area contributed by atoms with E-state index in [9.17, 15) is 4.79 Å². The molecule has 1 aromatic heterocycles. The molecule has 19 heavy (non-hydrogen) atoms. The maximum atomic E-state index is 11.1. The van der Waals surface area contributed by atoms with Crippen LogP contribution < -0.4 is 10.6 Å². The Hall–Kier alpha value is -2.30. The minimum absolute atomic E-state index is 0.0779. The zero-order valence-corrected chi connectivity index (χ0v) is 11.4. The lowest BCUT2D eigenvalue weighted by Crippen LogP contribution is -2.07. The van der Waals surface area contributed by atoms with Crippen LogP contribution >= 0.6 is 0 Å². The van der Waals surface area contributed by atoms with Gasteiger partial charge in [0.1, 0.15) is 0 Å². The molecule has 0 spiro atoms. The standard InChI is InChI=1S/C14H18N4O/c1-4-15-14-16-10(2)9-18(14)13-7-5-6-12(8-13)17-11(3)19/h5-9H,4H2,1-3H3,(H,15,16)(H,17,19). The van der Waals surface area contributed by atoms with Crippen LogP contribution in [0.1, 0.15) is 19.5 Å². The lowest BCUT2D eigenvalue weighted by atomic mass is 10.2. The second-order valence-electron chi connectivity index (χ2n) is 4.34. The van der Waals surface area contributed by atoms with Gasteiger partial charge in [-0.3, -0.25) is 9.36 Å². The Kier molecular flexibility index (Phi) is 3.85. The van der Waals surface area contributed by atoms with E-state index in [2.05, 4.69) is 15.6 Å². The molecule has 0 unspecified atom stereocenters. The van der Waals surface area contributed by atoms with Crippen LogP contribution in [0.25, 0.3) is 5.69 Å². The molecule has 2 rings (SSSR count). The fourth-order valence-corrected chi connectivity index (χ4v) is 1.91. The maximum Gasteiger partial charge on any atom is 0.221 e. The molecule has 0 saturated heterocycles. The Bertz CT molecular complexity index is 589. The van der Waals surface area contributed by atoms with E-state index < -0.39 is 0 Å². The number of aromatic nitrogens is 2. The second kappa shape index (κ2) is 5.56. The third kappa shape index (κ3) is 3.13. The summed E-state index contributed by atoms with van der Waals surface area (Å²) < 4.78 is 1.98. The van der Waals surface area contributed by atoms with E-state index in [1.807, 2.05) is 48.9 Å². The predicted octanol–water partition coefficient (Wildman–Crippen LogP) is 2.57. The van der Waals surface area contributed by atoms with Gasteiger partial charge >= 0.3 is 0 Å². The molecule has 1 amide bonds. The van der Waals surface area contributed by atoms with Crippen LogP contribution in [0.3, 0.4) is 0 Å². The Morgan fingerprint density at radius 3 is 2.89 bits per heavy atom. The predicted molar refractivity (Wildman–Crippen MR) is 76.8 cm³/mol. The van der Waals surface area contributed by atoms with Crippen molar-refractivity contribution in [1.29, 1.82) is 0 Å². The molecule has 0 aliphatic heterocycles. The molecule has 0 bridgehead atoms. The van der Waals surface area contributed by atoms with Gasteiger partial charge in [-0.15, -0.1) is 0 Å². The van der Waals surface area contributed by atoms with Crippen LogP contribution in [0.2, 0.25) is 0 Å². The van der Waals surface area contributed by atoms with Crippen molar-refractivity contribution in [2.75, 3.05) is 17.2 Å². The van der Waals surface area contributed by atoms with Crippen LogP contribution in [0, 0.1) is 6.92 Å². The first-order valence-corrected chi connectivity index (χ1v) is 6.28. The van der Waals surface area contributed by atoms with Crippen LogP contribution in [-0.4, -0.2) is 22.0 Å². The summed E-state index contributed by atoms with van der Waals surface area (Å²) in [6.45, 7) is 6.29. The first-order chi connectivity index (χ1) is 9.10. The van der Waals surface area contributed by atoms with E-state index in [0.29, 0.717) is 0 Å². The smallest absolute Gasteiger partial charge is 0.221 e. The van der Waals surface area contributed by atoms with E-state index >= 15 is 0 Å². The molecule has 0 radical (unpaired) electrons. The molecule has 100 valence electrons. The number of hydrogen-bond donors (Lipinski definition) is 2. The van der Waals surface area contributed by atoms with Crippen molar-refractivity contribution >= 4 is 17.5 Å². The van der Waals surface area contributed by atoms with Crippen LogP contribution in [0.15, 0.2) is 30.5 Å². The number of amides is 1. The van der Waals surface area contributed by atoms with E-state index in [0.717, 1.165) is 29.6 Å². The van der Waals surface area contributed by atoms with Crippen molar-refractivity contribution < 1.29 is 4.79 Å². The Morgan fingerprint density at radius 1 is 1.42 bits per heavy atom. The van der Waals surface area contributed by atoms with Gasteiger partial charge in [0.2, 0.25) is 11.9 Å². The number of anilines is 2. The van der Waals surface area contributed by atoms with Crippen LogP contribution in [0.4, 0.5) is 11.6 Å². The number of aryl methyl sites for hydroxylation is 1. The zero-order chi connectivity index (χ0) is 13.8. The molecule has 0 aliphatic rings. The SMILES string of the molecule is CCNc1nc(C)cn1-c1cccc(NC(C)=O)c1. The van der Waals surface area contributed by atoms with Gasteiger partial charge in [0.15, 0.2) is 0 Å². The molecule has 2 N–H and O–H groups in total. The fourth-order valence-electron chi connectivity index (χ4n) is 1.91. The minimum Gasteiger partial charge on any atom is -0.356 e. The van der Waals surface area contributed by atoms with E-state index in [1.165, 1.54) is 6.92 Å². The van der Waals surface area contributed by atoms with Gasteiger partial charge in [0.05, 0.1) is 11.4 Å². The fraction of sp³-hybridized carbons (Fsp3) is 0.286. The van der Waals surface area contributed by atoms with Gasteiger partial charge in [0.25, 0.3) is 0 Å². The third-order valence-corrected chi connectivity index (χ3v) is 2.61. The molecule has 1 aromatic carbocycles. The minimum atomic E-state index is -0.0779. The molecular formula is C14H18N4O. The zero-order valence-electron chi connectivity index (χ0n) is 11.4. The quantitative estimate of drug-likeness (QED) is 0.886. The molecule has 0 aliphatic carbocycles. The maximum absolute atomic E-state index is 11.1. The molecule has 2 aromatic rings. The van der Waals surface area contributed by atoms with E-state index in [-0.39, 0.29) is 5.91 Å². The lowest BCUT2D eigenvalue weighted by Gasteiger charge is -2.10. The summed E-state index contributed by atoms with van der Waals surface area (Å²) >= 11 is 0. The largest absolute Gasteiger partial charge is 0.356 e. The monoisotopic (exact) mass is 258 g/mol. The number of carbonyl (C=O) groups is 1. The van der Waals surface area contributed by atoms with Crippen molar-refractivity contribution in [3.63, 3.8) is 0 Å². The van der Waals surface area contributed by atoms with Gasteiger partial charge in [-0.25, -0.2) is 4.98 Å². The Balaban J connectivity index is 2.38. The highest BCUT2D eigenvalue weighted by Crippen LogP contribution is 2.19. The second-order valence-corrected chi connectivity index (χ2v) is 4.34. The highest BCUT2D eigenvalue weighted by Gasteiger charge is 2.07. The highest BCUT2D eigenvalue weighted by atomic mass is 16.1. The number of hydrogen-bond acceptors (Lipinski definition) is 3. The summed E-state index contributed by atoms with van der Waals surface area (Å²) in [5.74, 6) is 0.728. The normalized spacial score (nSPS) is 10.3. The number of carbonyl (C=O) groups excluding carboxylic acids is 1. The van der Waals surface area contributed by atoms with Crippen molar-refractivity contribution in [1.82, 2.24) is 9.55 Å². The highest BCUT2D eigenvalue weighted by molar-refractivity contribution is 5.88. The summed E-state index contributed by atoms with van der Waals surface area (Å²) in [7, 11) is 0. The Labute approximate surface area is 112 Å². The first kappa shape index (κ1) is 13.1. The number of nitrogens with one attached hydrogen (secondary N) is 2. The molecular weight excluding hydrogens is 240 g/mol. The average Bonchev–Trinajstić information content (AvgIpc) is 2.70. The van der Waals surface area contributed by atoms with Crippen molar-refractivity contribution in [3.8, 4) is 5.69 Å². The summed E-state index contributed by atoms with van der Waals surface area (Å²) in [6, 6.07) is 7.67. The third-order valence-electron chi connectivity index (χ3n) is 2.61. The summed E-state index contributed by atoms with van der Waals surface area (Å²) in [4.78, 5) is 15.5. The van der Waals surface area contributed by atoms with E-state index in [1.54, 1.807) is 0 Å². The first-order valence-electron chi connectivity index (χ1n) is 6.28.